The Hall–Kier alpha value is -1.48. The van der Waals surface area contributed by atoms with Gasteiger partial charge in [0.15, 0.2) is 0 Å². The molecule has 2 fully saturated rings. The van der Waals surface area contributed by atoms with Gasteiger partial charge in [0, 0.05) is 12.3 Å². The lowest BCUT2D eigenvalue weighted by atomic mass is 9.98. The standard InChI is InChI=1S/C10H12N2O6/c13-3-5-7(15)8-10(18-5,4-17-8)12-2-1-6(14)11-9(12)16/h1-2,5,7-8,13,15H,3-4H2,(H,11,14,16)/t5-,7+,8-,10-/m1/s1. The number of nitrogens with zero attached hydrogens (tertiary/aromatic N) is 1. The molecule has 0 aliphatic carbocycles. The van der Waals surface area contributed by atoms with Gasteiger partial charge in [-0.1, -0.05) is 0 Å². The molecule has 0 bridgehead atoms. The quantitative estimate of drug-likeness (QED) is 0.532. The van der Waals surface area contributed by atoms with Gasteiger partial charge in [-0.05, 0) is 0 Å². The van der Waals surface area contributed by atoms with Crippen LogP contribution in [-0.2, 0) is 15.2 Å². The van der Waals surface area contributed by atoms with Crippen molar-refractivity contribution in [2.45, 2.75) is 24.0 Å². The van der Waals surface area contributed by atoms with Crippen molar-refractivity contribution in [2.75, 3.05) is 13.2 Å². The number of ether oxygens (including phenoxy) is 2. The molecule has 0 unspecified atom stereocenters. The van der Waals surface area contributed by atoms with E-state index in [1.54, 1.807) is 0 Å². The van der Waals surface area contributed by atoms with Crippen molar-refractivity contribution in [3.8, 4) is 0 Å². The number of hydrogen-bond acceptors (Lipinski definition) is 6. The molecule has 98 valence electrons. The molecule has 3 rings (SSSR count). The molecule has 0 saturated carbocycles. The van der Waals surface area contributed by atoms with Gasteiger partial charge >= 0.3 is 5.69 Å². The molecule has 0 spiro atoms. The van der Waals surface area contributed by atoms with Gasteiger partial charge in [0.2, 0.25) is 5.72 Å². The summed E-state index contributed by atoms with van der Waals surface area (Å²) >= 11 is 0. The third-order valence-electron chi connectivity index (χ3n) is 3.37. The van der Waals surface area contributed by atoms with E-state index in [0.29, 0.717) is 0 Å². The molecule has 8 heteroatoms. The van der Waals surface area contributed by atoms with Crippen molar-refractivity contribution < 1.29 is 19.7 Å². The summed E-state index contributed by atoms with van der Waals surface area (Å²) in [6.45, 7) is -0.294. The van der Waals surface area contributed by atoms with Gasteiger partial charge in [-0.3, -0.25) is 14.3 Å². The van der Waals surface area contributed by atoms with Crippen molar-refractivity contribution in [3.05, 3.63) is 33.1 Å². The summed E-state index contributed by atoms with van der Waals surface area (Å²) in [6.07, 6.45) is -1.25. The van der Waals surface area contributed by atoms with Crippen LogP contribution in [0.25, 0.3) is 0 Å². The molecule has 4 atom stereocenters. The molecule has 0 amide bonds. The van der Waals surface area contributed by atoms with Gasteiger partial charge in [-0.25, -0.2) is 4.79 Å². The lowest BCUT2D eigenvalue weighted by Crippen LogP contribution is -2.63. The van der Waals surface area contributed by atoms with Crippen molar-refractivity contribution in [2.24, 2.45) is 0 Å². The fraction of sp³-hybridized carbons (Fsp3) is 0.600. The van der Waals surface area contributed by atoms with Gasteiger partial charge in [-0.2, -0.15) is 0 Å². The number of aliphatic hydroxyl groups excluding tert-OH is 2. The van der Waals surface area contributed by atoms with Crippen LogP contribution in [0.5, 0.6) is 0 Å². The average Bonchev–Trinajstić information content (AvgIpc) is 2.48. The largest absolute Gasteiger partial charge is 0.394 e. The summed E-state index contributed by atoms with van der Waals surface area (Å²) in [6, 6.07) is 1.19. The normalized spacial score (nSPS) is 38.2. The summed E-state index contributed by atoms with van der Waals surface area (Å²) in [5.41, 5.74) is -2.29. The first-order valence-electron chi connectivity index (χ1n) is 5.49. The first kappa shape index (κ1) is 11.6. The molecule has 0 aromatic carbocycles. The predicted molar refractivity (Wildman–Crippen MR) is 57.0 cm³/mol. The van der Waals surface area contributed by atoms with Gasteiger partial charge in [0.05, 0.1) is 13.2 Å². The zero-order valence-electron chi connectivity index (χ0n) is 9.28. The van der Waals surface area contributed by atoms with Crippen LogP contribution in [0.1, 0.15) is 0 Å². The van der Waals surface area contributed by atoms with Crippen molar-refractivity contribution >= 4 is 0 Å². The van der Waals surface area contributed by atoms with E-state index in [-0.39, 0.29) is 13.2 Å². The molecule has 18 heavy (non-hydrogen) atoms. The van der Waals surface area contributed by atoms with Crippen LogP contribution in [0.2, 0.25) is 0 Å². The first-order chi connectivity index (χ1) is 8.58. The second-order valence-electron chi connectivity index (χ2n) is 4.39. The molecule has 0 radical (unpaired) electrons. The van der Waals surface area contributed by atoms with Crippen molar-refractivity contribution in [1.29, 1.82) is 0 Å². The van der Waals surface area contributed by atoms with E-state index >= 15 is 0 Å². The average molecular weight is 256 g/mol. The molecular formula is C10H12N2O6. The SMILES string of the molecule is O=c1ccn([C@@]23CO[C@@H]2[C@@H](O)[C@@H](CO)O3)c(=O)[nH]1. The Kier molecular flexibility index (Phi) is 2.42. The maximum atomic E-state index is 11.7. The van der Waals surface area contributed by atoms with E-state index in [9.17, 15) is 14.7 Å². The summed E-state index contributed by atoms with van der Waals surface area (Å²) in [7, 11) is 0. The minimum Gasteiger partial charge on any atom is -0.394 e. The molecule has 3 heterocycles. The minimum absolute atomic E-state index is 0.0805. The van der Waals surface area contributed by atoms with Crippen LogP contribution in [0.15, 0.2) is 21.9 Å². The smallest absolute Gasteiger partial charge is 0.330 e. The second-order valence-corrected chi connectivity index (χ2v) is 4.39. The first-order valence-corrected chi connectivity index (χ1v) is 5.49. The van der Waals surface area contributed by atoms with Crippen LogP contribution >= 0.6 is 0 Å². The highest BCUT2D eigenvalue weighted by atomic mass is 16.7. The van der Waals surface area contributed by atoms with Crippen molar-refractivity contribution in [3.63, 3.8) is 0 Å². The Labute approximate surface area is 100 Å². The molecule has 2 aliphatic heterocycles. The monoisotopic (exact) mass is 256 g/mol. The van der Waals surface area contributed by atoms with E-state index in [1.807, 2.05) is 0 Å². The number of hydrogen-bond donors (Lipinski definition) is 3. The topological polar surface area (TPSA) is 114 Å². The fourth-order valence-corrected chi connectivity index (χ4v) is 2.44. The highest BCUT2D eigenvalue weighted by molar-refractivity contribution is 5.07. The lowest BCUT2D eigenvalue weighted by Gasteiger charge is -2.44. The zero-order chi connectivity index (χ0) is 12.9. The highest BCUT2D eigenvalue weighted by Gasteiger charge is 2.63. The summed E-state index contributed by atoms with van der Waals surface area (Å²) < 4.78 is 11.9. The fourth-order valence-electron chi connectivity index (χ4n) is 2.44. The van der Waals surface area contributed by atoms with Gasteiger partial charge in [0.25, 0.3) is 5.56 Å². The van der Waals surface area contributed by atoms with Gasteiger partial charge in [-0.15, -0.1) is 0 Å². The van der Waals surface area contributed by atoms with Crippen molar-refractivity contribution in [1.82, 2.24) is 9.55 Å². The molecule has 2 aliphatic rings. The summed E-state index contributed by atoms with van der Waals surface area (Å²) in [5.74, 6) is 0. The van der Waals surface area contributed by atoms with E-state index in [4.69, 9.17) is 14.6 Å². The molecule has 3 N–H and O–H groups in total. The molecule has 1 aromatic rings. The number of aromatic amines is 1. The van der Waals surface area contributed by atoms with E-state index < -0.39 is 35.3 Å². The third kappa shape index (κ3) is 1.34. The van der Waals surface area contributed by atoms with Crippen LogP contribution < -0.4 is 11.2 Å². The van der Waals surface area contributed by atoms with Crippen LogP contribution in [0.3, 0.4) is 0 Å². The van der Waals surface area contributed by atoms with Crippen LogP contribution in [0, 0.1) is 0 Å². The molecular weight excluding hydrogens is 244 g/mol. The summed E-state index contributed by atoms with van der Waals surface area (Å²) in [4.78, 5) is 24.9. The summed E-state index contributed by atoms with van der Waals surface area (Å²) in [5, 5.41) is 18.9. The maximum absolute atomic E-state index is 11.7. The van der Waals surface area contributed by atoms with Crippen LogP contribution in [0.4, 0.5) is 0 Å². The van der Waals surface area contributed by atoms with E-state index in [2.05, 4.69) is 4.98 Å². The molecule has 1 aromatic heterocycles. The highest BCUT2D eigenvalue weighted by Crippen LogP contribution is 2.43. The second kappa shape index (κ2) is 3.75. The number of rotatable bonds is 2. The van der Waals surface area contributed by atoms with Gasteiger partial charge < -0.3 is 19.7 Å². The zero-order valence-corrected chi connectivity index (χ0v) is 9.28. The number of aliphatic hydroxyl groups is 2. The Balaban J connectivity index is 2.06. The maximum Gasteiger partial charge on any atom is 0.330 e. The third-order valence-corrected chi connectivity index (χ3v) is 3.37. The number of nitrogens with one attached hydrogen (secondary N) is 1. The molecule has 2 saturated heterocycles. The Bertz CT molecular complexity index is 580. The Morgan fingerprint density at radius 1 is 1.56 bits per heavy atom. The Morgan fingerprint density at radius 3 is 2.89 bits per heavy atom. The minimum atomic E-state index is -1.14. The number of fused-ring (bicyclic) bond motifs is 1. The lowest BCUT2D eigenvalue weighted by molar-refractivity contribution is -0.278. The van der Waals surface area contributed by atoms with Gasteiger partial charge in [0.1, 0.15) is 18.3 Å². The molecule has 8 nitrogen and oxygen atoms in total. The predicted octanol–water partition coefficient (Wildman–Crippen LogP) is -2.66. The van der Waals surface area contributed by atoms with Crippen LogP contribution in [-0.4, -0.2) is 51.3 Å². The van der Waals surface area contributed by atoms with E-state index in [0.717, 1.165) is 0 Å². The number of aromatic nitrogens is 2. The number of H-pyrrole nitrogens is 1. The van der Waals surface area contributed by atoms with E-state index in [1.165, 1.54) is 16.8 Å². The Morgan fingerprint density at radius 2 is 2.33 bits per heavy atom.